The number of primary amides is 1. The molecule has 4 saturated carbocycles. The minimum atomic E-state index is -0.594. The Bertz CT molecular complexity index is 737. The van der Waals surface area contributed by atoms with E-state index in [4.69, 9.17) is 17.3 Å². The van der Waals surface area contributed by atoms with Crippen molar-refractivity contribution in [1.29, 1.82) is 0 Å². The van der Waals surface area contributed by atoms with Crippen LogP contribution in [0.15, 0.2) is 18.2 Å². The maximum atomic E-state index is 12.7. The lowest BCUT2D eigenvalue weighted by Gasteiger charge is -2.60. The molecule has 1 aromatic carbocycles. The van der Waals surface area contributed by atoms with Crippen LogP contribution in [-0.4, -0.2) is 16.1 Å². The summed E-state index contributed by atoms with van der Waals surface area (Å²) in [4.78, 5) is 24.1. The van der Waals surface area contributed by atoms with Crippen LogP contribution in [0.4, 0.5) is 5.69 Å². The van der Waals surface area contributed by atoms with Crippen molar-refractivity contribution in [3.63, 3.8) is 0 Å². The van der Waals surface area contributed by atoms with Gasteiger partial charge in [-0.15, -0.1) is 0 Å². The van der Waals surface area contributed by atoms with E-state index in [0.29, 0.717) is 17.1 Å². The van der Waals surface area contributed by atoms with Crippen LogP contribution in [0.5, 0.6) is 0 Å². The zero-order valence-electron chi connectivity index (χ0n) is 14.0. The molecule has 6 heteroatoms. The predicted molar refractivity (Wildman–Crippen MR) is 102 cm³/mol. The molecule has 0 spiro atoms. The first-order valence-corrected chi connectivity index (χ1v) is 10.0. The van der Waals surface area contributed by atoms with Crippen molar-refractivity contribution in [3.8, 4) is 0 Å². The highest BCUT2D eigenvalue weighted by atomic mass is 79.9. The van der Waals surface area contributed by atoms with Gasteiger partial charge in [-0.05, 0) is 74.0 Å². The Kier molecular flexibility index (Phi) is 4.15. The fraction of sp³-hybridized carbons (Fsp3) is 0.579. The maximum Gasteiger partial charge on any atom is 0.250 e. The number of nitrogens with one attached hydrogen (secondary N) is 1. The van der Waals surface area contributed by atoms with E-state index in [0.717, 1.165) is 31.1 Å². The third-order valence-electron chi connectivity index (χ3n) is 6.16. The van der Waals surface area contributed by atoms with Crippen LogP contribution in [0.3, 0.4) is 0 Å². The smallest absolute Gasteiger partial charge is 0.250 e. The molecule has 1 aromatic rings. The Morgan fingerprint density at radius 2 is 1.92 bits per heavy atom. The van der Waals surface area contributed by atoms with Crippen molar-refractivity contribution in [2.75, 3.05) is 5.32 Å². The van der Waals surface area contributed by atoms with Gasteiger partial charge in [0.25, 0.3) is 0 Å². The summed E-state index contributed by atoms with van der Waals surface area (Å²) >= 11 is 9.95. The van der Waals surface area contributed by atoms with E-state index in [2.05, 4.69) is 21.2 Å². The summed E-state index contributed by atoms with van der Waals surface area (Å²) in [5.74, 6) is 0.926. The number of benzene rings is 1. The third kappa shape index (κ3) is 3.33. The summed E-state index contributed by atoms with van der Waals surface area (Å²) in [5.41, 5.74) is 6.25. The fourth-order valence-corrected chi connectivity index (χ4v) is 7.60. The summed E-state index contributed by atoms with van der Waals surface area (Å²) in [7, 11) is 0. The van der Waals surface area contributed by atoms with Gasteiger partial charge in [0, 0.05) is 16.4 Å². The van der Waals surface area contributed by atoms with Crippen LogP contribution in [0.25, 0.3) is 0 Å². The topological polar surface area (TPSA) is 72.2 Å². The van der Waals surface area contributed by atoms with Crippen molar-refractivity contribution in [3.05, 3.63) is 28.8 Å². The number of alkyl halides is 1. The monoisotopic (exact) mass is 424 g/mol. The lowest BCUT2D eigenvalue weighted by atomic mass is 9.48. The molecule has 4 nitrogen and oxygen atoms in total. The molecule has 0 aromatic heterocycles. The summed E-state index contributed by atoms with van der Waals surface area (Å²) in [6.07, 6.45) is 7.80. The van der Waals surface area contributed by atoms with E-state index >= 15 is 0 Å². The molecule has 0 radical (unpaired) electrons. The highest BCUT2D eigenvalue weighted by Crippen LogP contribution is 2.65. The van der Waals surface area contributed by atoms with E-state index < -0.39 is 5.91 Å². The van der Waals surface area contributed by atoms with E-state index in [9.17, 15) is 9.59 Å². The predicted octanol–water partition coefficient (Wildman–Crippen LogP) is 4.50. The molecule has 2 atom stereocenters. The van der Waals surface area contributed by atoms with E-state index in [1.54, 1.807) is 18.2 Å². The molecule has 25 heavy (non-hydrogen) atoms. The summed E-state index contributed by atoms with van der Waals surface area (Å²) in [6, 6.07) is 4.85. The average molecular weight is 426 g/mol. The lowest BCUT2D eigenvalue weighted by Crippen LogP contribution is -2.53. The van der Waals surface area contributed by atoms with Crippen LogP contribution in [0.2, 0.25) is 5.02 Å². The quantitative estimate of drug-likeness (QED) is 0.697. The minimum Gasteiger partial charge on any atom is -0.366 e. The zero-order chi connectivity index (χ0) is 17.8. The summed E-state index contributed by atoms with van der Waals surface area (Å²) in [5, 5.41) is 3.23. The third-order valence-corrected chi connectivity index (χ3v) is 7.42. The number of halogens is 2. The van der Waals surface area contributed by atoms with Gasteiger partial charge in [-0.2, -0.15) is 0 Å². The second-order valence-electron chi connectivity index (χ2n) is 8.40. The van der Waals surface area contributed by atoms with Crippen molar-refractivity contribution in [1.82, 2.24) is 0 Å². The number of carbonyl (C=O) groups excluding carboxylic acids is 2. The Labute approximate surface area is 161 Å². The molecule has 0 unspecified atom stereocenters. The molecule has 4 aliphatic carbocycles. The van der Waals surface area contributed by atoms with Crippen molar-refractivity contribution >= 4 is 45.0 Å². The summed E-state index contributed by atoms with van der Waals surface area (Å²) < 4.78 is 0.247. The van der Waals surface area contributed by atoms with Crippen LogP contribution in [-0.2, 0) is 4.79 Å². The van der Waals surface area contributed by atoms with Crippen molar-refractivity contribution in [2.45, 2.75) is 49.3 Å². The first kappa shape index (κ1) is 17.3. The molecule has 4 fully saturated rings. The molecule has 4 bridgehead atoms. The number of anilines is 1. The number of amides is 2. The van der Waals surface area contributed by atoms with Gasteiger partial charge >= 0.3 is 0 Å². The first-order chi connectivity index (χ1) is 11.8. The number of hydrogen-bond acceptors (Lipinski definition) is 2. The minimum absolute atomic E-state index is 0.00999. The highest BCUT2D eigenvalue weighted by molar-refractivity contribution is 9.10. The number of hydrogen-bond donors (Lipinski definition) is 2. The first-order valence-electron chi connectivity index (χ1n) is 8.84. The molecule has 2 amide bonds. The second-order valence-corrected chi connectivity index (χ2v) is 10.5. The Morgan fingerprint density at radius 1 is 1.24 bits per heavy atom. The largest absolute Gasteiger partial charge is 0.366 e. The molecular formula is C19H22BrClN2O2. The highest BCUT2D eigenvalue weighted by Gasteiger charge is 2.57. The van der Waals surface area contributed by atoms with E-state index in [-0.39, 0.29) is 21.2 Å². The molecule has 3 N–H and O–H groups in total. The van der Waals surface area contributed by atoms with E-state index in [1.807, 2.05) is 0 Å². The van der Waals surface area contributed by atoms with Gasteiger partial charge in [0.05, 0.1) is 10.6 Å². The molecule has 5 rings (SSSR count). The van der Waals surface area contributed by atoms with Crippen LogP contribution in [0, 0.1) is 17.3 Å². The number of carbonyl (C=O) groups is 2. The molecule has 4 aliphatic rings. The van der Waals surface area contributed by atoms with Gasteiger partial charge in [-0.1, -0.05) is 27.5 Å². The summed E-state index contributed by atoms with van der Waals surface area (Å²) in [6.45, 7) is 0. The zero-order valence-corrected chi connectivity index (χ0v) is 16.3. The van der Waals surface area contributed by atoms with Gasteiger partial charge in [0.2, 0.25) is 11.8 Å². The Morgan fingerprint density at radius 3 is 2.52 bits per heavy atom. The van der Waals surface area contributed by atoms with Gasteiger partial charge in [0.1, 0.15) is 0 Å². The van der Waals surface area contributed by atoms with Crippen LogP contribution in [0.1, 0.15) is 55.3 Å². The fourth-order valence-electron chi connectivity index (χ4n) is 5.88. The molecule has 134 valence electrons. The molecular weight excluding hydrogens is 404 g/mol. The maximum absolute atomic E-state index is 12.7. The number of nitrogens with two attached hydrogens (primary N) is 1. The Balaban J connectivity index is 1.48. The van der Waals surface area contributed by atoms with Crippen molar-refractivity contribution in [2.24, 2.45) is 23.0 Å². The average Bonchev–Trinajstić information content (AvgIpc) is 2.45. The Hall–Kier alpha value is -1.07. The van der Waals surface area contributed by atoms with Gasteiger partial charge in [-0.3, -0.25) is 9.59 Å². The van der Waals surface area contributed by atoms with Crippen LogP contribution < -0.4 is 11.1 Å². The van der Waals surface area contributed by atoms with Gasteiger partial charge < -0.3 is 11.1 Å². The van der Waals surface area contributed by atoms with Crippen LogP contribution >= 0.6 is 27.5 Å². The lowest BCUT2D eigenvalue weighted by molar-refractivity contribution is -0.123. The van der Waals surface area contributed by atoms with E-state index in [1.165, 1.54) is 19.3 Å². The van der Waals surface area contributed by atoms with Crippen molar-refractivity contribution < 1.29 is 9.59 Å². The second kappa shape index (κ2) is 5.98. The van der Waals surface area contributed by atoms with Gasteiger partial charge in [0.15, 0.2) is 0 Å². The number of rotatable bonds is 4. The molecule has 0 saturated heterocycles. The molecule has 0 aliphatic heterocycles. The SMILES string of the molecule is NC(=O)c1cc(NC(=O)CC23C[C@H]4C[C@@H](CC(Br)(C4)C2)C3)ccc1Cl. The molecule has 0 heterocycles. The standard InChI is InChI=1S/C19H22BrClN2O2/c20-19-7-11-3-12(8-19)6-18(5-11,10-19)9-16(24)23-13-1-2-15(21)14(4-13)17(22)25/h1-2,4,11-12H,3,5-10H2,(H2,22,25)(H,23,24)/t11-,12-,18?,19?/m1/s1. The van der Waals surface area contributed by atoms with Gasteiger partial charge in [-0.25, -0.2) is 0 Å². The normalized spacial score (nSPS) is 35.6.